The van der Waals surface area contributed by atoms with E-state index in [4.69, 9.17) is 16.6 Å². The Labute approximate surface area is 178 Å². The monoisotopic (exact) mass is 427 g/mol. The number of carbonyl (C=O) groups is 2. The molecule has 0 bridgehead atoms. The summed E-state index contributed by atoms with van der Waals surface area (Å²) < 4.78 is 6.29. The van der Waals surface area contributed by atoms with Crippen LogP contribution in [0.3, 0.4) is 0 Å². The fourth-order valence-electron chi connectivity index (χ4n) is 3.39. The highest BCUT2D eigenvalue weighted by Gasteiger charge is 2.22. The first-order valence-corrected chi connectivity index (χ1v) is 10.8. The number of benzene rings is 1. The van der Waals surface area contributed by atoms with Crippen molar-refractivity contribution in [3.8, 4) is 11.3 Å². The Morgan fingerprint density at radius 1 is 1.28 bits per heavy atom. The zero-order chi connectivity index (χ0) is 20.2. The molecule has 2 amide bonds. The number of rotatable bonds is 6. The van der Waals surface area contributed by atoms with Crippen molar-refractivity contribution in [1.82, 2.24) is 15.5 Å². The SMILES string of the molecule is O=C1NC(=S)S/C1=C\c1ccc(-c2cccc(C(=O)NCCN3CCCC3)c2)o1. The van der Waals surface area contributed by atoms with E-state index in [0.29, 0.717) is 32.9 Å². The lowest BCUT2D eigenvalue weighted by Gasteiger charge is -2.14. The third kappa shape index (κ3) is 4.95. The van der Waals surface area contributed by atoms with E-state index in [9.17, 15) is 9.59 Å². The second-order valence-corrected chi connectivity index (χ2v) is 8.66. The van der Waals surface area contributed by atoms with Crippen LogP contribution in [0.15, 0.2) is 45.7 Å². The first-order valence-electron chi connectivity index (χ1n) is 9.54. The molecule has 0 aliphatic carbocycles. The van der Waals surface area contributed by atoms with Crippen LogP contribution in [0, 0.1) is 0 Å². The Kier molecular flexibility index (Phi) is 6.13. The van der Waals surface area contributed by atoms with Crippen LogP contribution >= 0.6 is 24.0 Å². The van der Waals surface area contributed by atoms with E-state index in [1.807, 2.05) is 24.3 Å². The highest BCUT2D eigenvalue weighted by atomic mass is 32.2. The van der Waals surface area contributed by atoms with Crippen LogP contribution in [0.5, 0.6) is 0 Å². The van der Waals surface area contributed by atoms with Crippen LogP contribution in [0.1, 0.15) is 29.0 Å². The van der Waals surface area contributed by atoms with Gasteiger partial charge in [0, 0.05) is 30.3 Å². The van der Waals surface area contributed by atoms with Crippen molar-refractivity contribution in [1.29, 1.82) is 0 Å². The number of amides is 2. The van der Waals surface area contributed by atoms with Crippen molar-refractivity contribution in [2.75, 3.05) is 26.2 Å². The Balaban J connectivity index is 1.41. The van der Waals surface area contributed by atoms with E-state index in [2.05, 4.69) is 15.5 Å². The Hall–Kier alpha value is -2.42. The van der Waals surface area contributed by atoms with Crippen LogP contribution in [-0.4, -0.2) is 47.2 Å². The van der Waals surface area contributed by atoms with E-state index in [0.717, 1.165) is 25.2 Å². The second kappa shape index (κ2) is 8.94. The topological polar surface area (TPSA) is 74.6 Å². The van der Waals surface area contributed by atoms with Gasteiger partial charge in [0.25, 0.3) is 11.8 Å². The molecule has 2 aliphatic heterocycles. The molecule has 29 heavy (non-hydrogen) atoms. The van der Waals surface area contributed by atoms with Crippen LogP contribution < -0.4 is 10.6 Å². The number of thioether (sulfide) groups is 1. The molecule has 2 fully saturated rings. The molecule has 3 heterocycles. The zero-order valence-electron chi connectivity index (χ0n) is 15.8. The summed E-state index contributed by atoms with van der Waals surface area (Å²) in [5, 5.41) is 5.56. The lowest BCUT2D eigenvalue weighted by atomic mass is 10.1. The predicted octanol–water partition coefficient (Wildman–Crippen LogP) is 3.26. The van der Waals surface area contributed by atoms with Gasteiger partial charge < -0.3 is 20.0 Å². The number of thiocarbonyl (C=S) groups is 1. The van der Waals surface area contributed by atoms with Crippen molar-refractivity contribution in [2.45, 2.75) is 12.8 Å². The van der Waals surface area contributed by atoms with E-state index >= 15 is 0 Å². The Morgan fingerprint density at radius 2 is 2.10 bits per heavy atom. The summed E-state index contributed by atoms with van der Waals surface area (Å²) >= 11 is 6.20. The van der Waals surface area contributed by atoms with E-state index in [1.54, 1.807) is 18.2 Å². The summed E-state index contributed by atoms with van der Waals surface area (Å²) in [6.07, 6.45) is 4.15. The normalized spacial score (nSPS) is 18.4. The quantitative estimate of drug-likeness (QED) is 0.545. The lowest BCUT2D eigenvalue weighted by molar-refractivity contribution is -0.115. The number of hydrogen-bond acceptors (Lipinski definition) is 6. The summed E-state index contributed by atoms with van der Waals surface area (Å²) in [4.78, 5) is 27.1. The summed E-state index contributed by atoms with van der Waals surface area (Å²) in [5.41, 5.74) is 1.40. The molecule has 1 aromatic carbocycles. The van der Waals surface area contributed by atoms with Gasteiger partial charge in [-0.3, -0.25) is 9.59 Å². The standard InChI is InChI=1S/C21H21N3O3S2/c25-19(22-8-11-24-9-1-2-10-24)15-5-3-4-14(12-15)17-7-6-16(27-17)13-18-20(26)23-21(28)29-18/h3-7,12-13H,1-2,8-11H2,(H,22,25)(H,23,26,28)/b18-13-. The summed E-state index contributed by atoms with van der Waals surface area (Å²) in [5.74, 6) is 0.885. The molecule has 2 aromatic rings. The summed E-state index contributed by atoms with van der Waals surface area (Å²) in [7, 11) is 0. The molecule has 0 spiro atoms. The van der Waals surface area contributed by atoms with E-state index in [1.165, 1.54) is 24.6 Å². The van der Waals surface area contributed by atoms with Gasteiger partial charge in [-0.2, -0.15) is 0 Å². The molecule has 1 aromatic heterocycles. The smallest absolute Gasteiger partial charge is 0.263 e. The van der Waals surface area contributed by atoms with Gasteiger partial charge in [-0.15, -0.1) is 0 Å². The van der Waals surface area contributed by atoms with Gasteiger partial charge in [-0.05, 0) is 50.2 Å². The second-order valence-electron chi connectivity index (χ2n) is 6.94. The molecule has 6 nitrogen and oxygen atoms in total. The maximum absolute atomic E-state index is 12.5. The molecule has 0 radical (unpaired) electrons. The summed E-state index contributed by atoms with van der Waals surface area (Å²) in [6, 6.07) is 11.0. The van der Waals surface area contributed by atoms with Crippen molar-refractivity contribution >= 4 is 46.2 Å². The van der Waals surface area contributed by atoms with Crippen LogP contribution in [0.25, 0.3) is 17.4 Å². The molecule has 2 saturated heterocycles. The average molecular weight is 428 g/mol. The molecular formula is C21H21N3O3S2. The predicted molar refractivity (Wildman–Crippen MR) is 118 cm³/mol. The maximum atomic E-state index is 12.5. The fourth-order valence-corrected chi connectivity index (χ4v) is 4.41. The molecule has 150 valence electrons. The van der Waals surface area contributed by atoms with Gasteiger partial charge in [0.2, 0.25) is 0 Å². The zero-order valence-corrected chi connectivity index (χ0v) is 17.4. The molecule has 8 heteroatoms. The third-order valence-corrected chi connectivity index (χ3v) is 6.03. The largest absolute Gasteiger partial charge is 0.457 e. The minimum atomic E-state index is -0.217. The molecule has 0 saturated carbocycles. The van der Waals surface area contributed by atoms with E-state index in [-0.39, 0.29) is 11.8 Å². The van der Waals surface area contributed by atoms with Gasteiger partial charge in [-0.25, -0.2) is 0 Å². The number of furan rings is 1. The van der Waals surface area contributed by atoms with Gasteiger partial charge in [0.1, 0.15) is 15.8 Å². The minimum absolute atomic E-state index is 0.0903. The van der Waals surface area contributed by atoms with Crippen LogP contribution in [-0.2, 0) is 4.79 Å². The minimum Gasteiger partial charge on any atom is -0.457 e. The van der Waals surface area contributed by atoms with Crippen molar-refractivity contribution in [2.24, 2.45) is 0 Å². The lowest BCUT2D eigenvalue weighted by Crippen LogP contribution is -2.33. The number of nitrogens with one attached hydrogen (secondary N) is 2. The summed E-state index contributed by atoms with van der Waals surface area (Å²) in [6.45, 7) is 3.77. The first kappa shape index (κ1) is 19.9. The number of carbonyl (C=O) groups excluding carboxylic acids is 2. The van der Waals surface area contributed by atoms with Gasteiger partial charge in [0.15, 0.2) is 0 Å². The molecule has 2 N–H and O–H groups in total. The number of hydrogen-bond donors (Lipinski definition) is 2. The maximum Gasteiger partial charge on any atom is 0.263 e. The van der Waals surface area contributed by atoms with E-state index < -0.39 is 0 Å². The first-order chi connectivity index (χ1) is 14.1. The van der Waals surface area contributed by atoms with Gasteiger partial charge in [-0.1, -0.05) is 36.1 Å². The van der Waals surface area contributed by atoms with Crippen LogP contribution in [0.2, 0.25) is 0 Å². The van der Waals surface area contributed by atoms with Gasteiger partial charge >= 0.3 is 0 Å². The number of likely N-dealkylation sites (tertiary alicyclic amines) is 1. The Bertz CT molecular complexity index is 977. The average Bonchev–Trinajstić information content (AvgIpc) is 3.45. The highest BCUT2D eigenvalue weighted by Crippen LogP contribution is 2.29. The molecular weight excluding hydrogens is 406 g/mol. The van der Waals surface area contributed by atoms with Crippen molar-refractivity contribution in [3.05, 3.63) is 52.6 Å². The van der Waals surface area contributed by atoms with Gasteiger partial charge in [0.05, 0.1) is 4.91 Å². The fraction of sp³-hybridized carbons (Fsp3) is 0.286. The molecule has 0 unspecified atom stereocenters. The molecule has 4 rings (SSSR count). The number of nitrogens with zero attached hydrogens (tertiary/aromatic N) is 1. The van der Waals surface area contributed by atoms with Crippen molar-refractivity contribution in [3.63, 3.8) is 0 Å². The molecule has 2 aliphatic rings. The Morgan fingerprint density at radius 3 is 2.86 bits per heavy atom. The van der Waals surface area contributed by atoms with Crippen molar-refractivity contribution < 1.29 is 14.0 Å². The molecule has 0 atom stereocenters. The highest BCUT2D eigenvalue weighted by molar-refractivity contribution is 8.26. The third-order valence-electron chi connectivity index (χ3n) is 4.86. The van der Waals surface area contributed by atoms with Crippen LogP contribution in [0.4, 0.5) is 0 Å².